The molecule has 3 rings (SSSR count). The first-order chi connectivity index (χ1) is 11.2. The fraction of sp³-hybridized carbons (Fsp3) is 0.562. The molecule has 5 nitrogen and oxygen atoms in total. The van der Waals surface area contributed by atoms with Gasteiger partial charge in [-0.3, -0.25) is 4.79 Å². The van der Waals surface area contributed by atoms with Crippen molar-refractivity contribution in [3.8, 4) is 0 Å². The van der Waals surface area contributed by atoms with Gasteiger partial charge in [0.25, 0.3) is 0 Å². The molecule has 1 atom stereocenters. The zero-order valence-corrected chi connectivity index (χ0v) is 15.7. The molecule has 0 spiro atoms. The fourth-order valence-electron chi connectivity index (χ4n) is 2.90. The number of hydrogen-bond donors (Lipinski definition) is 1. The van der Waals surface area contributed by atoms with Crippen LogP contribution in [0.2, 0.25) is 0 Å². The Balaban J connectivity index is 1.78. The topological polar surface area (TPSA) is 66.5 Å². The van der Waals surface area contributed by atoms with E-state index in [1.165, 1.54) is 10.4 Å². The van der Waals surface area contributed by atoms with Gasteiger partial charge in [-0.05, 0) is 44.4 Å². The van der Waals surface area contributed by atoms with E-state index in [-0.39, 0.29) is 10.8 Å². The van der Waals surface area contributed by atoms with Crippen molar-refractivity contribution in [2.24, 2.45) is 5.41 Å². The van der Waals surface area contributed by atoms with Gasteiger partial charge in [0, 0.05) is 18.8 Å². The smallest absolute Gasteiger partial charge is 0.243 e. The maximum absolute atomic E-state index is 12.7. The van der Waals surface area contributed by atoms with Gasteiger partial charge < -0.3 is 5.32 Å². The molecule has 1 aromatic rings. The van der Waals surface area contributed by atoms with Crippen LogP contribution in [0, 0.1) is 5.41 Å². The standard InChI is InChI=1S/C16H20Cl2N2O3S/c1-15(11-16(15,17)18)14(21)19-12-6-5-7-13(10-12)24(22,23)20-8-3-2-4-9-20/h5-7,10H,2-4,8-9,11H2,1H3,(H,19,21). The minimum Gasteiger partial charge on any atom is -0.325 e. The number of hydrogen-bond acceptors (Lipinski definition) is 3. The van der Waals surface area contributed by atoms with Crippen LogP contribution in [0.15, 0.2) is 29.2 Å². The van der Waals surface area contributed by atoms with Gasteiger partial charge in [-0.1, -0.05) is 12.5 Å². The van der Waals surface area contributed by atoms with Crippen molar-refractivity contribution in [1.29, 1.82) is 0 Å². The number of piperidine rings is 1. The first kappa shape index (κ1) is 18.0. The number of nitrogens with zero attached hydrogens (tertiary/aromatic N) is 1. The Kier molecular flexibility index (Phi) is 4.62. The number of carbonyl (C=O) groups is 1. The summed E-state index contributed by atoms with van der Waals surface area (Å²) in [5.41, 5.74) is -0.423. The average molecular weight is 391 g/mol. The normalized spacial score (nSPS) is 26.8. The second kappa shape index (κ2) is 6.16. The van der Waals surface area contributed by atoms with E-state index in [9.17, 15) is 13.2 Å². The Morgan fingerprint density at radius 1 is 1.21 bits per heavy atom. The summed E-state index contributed by atoms with van der Waals surface area (Å²) in [6, 6.07) is 6.31. The number of sulfonamides is 1. The van der Waals surface area contributed by atoms with E-state index in [2.05, 4.69) is 5.32 Å². The quantitative estimate of drug-likeness (QED) is 0.801. The summed E-state index contributed by atoms with van der Waals surface area (Å²) in [5, 5.41) is 2.72. The fourth-order valence-corrected chi connectivity index (χ4v) is 5.17. The third-order valence-electron chi connectivity index (χ3n) is 4.80. The highest BCUT2D eigenvalue weighted by atomic mass is 35.5. The second-order valence-electron chi connectivity index (χ2n) is 6.66. The van der Waals surface area contributed by atoms with Gasteiger partial charge in [0.1, 0.15) is 4.33 Å². The number of alkyl halides is 2. The van der Waals surface area contributed by atoms with Crippen molar-refractivity contribution in [2.45, 2.75) is 41.8 Å². The van der Waals surface area contributed by atoms with Crippen molar-refractivity contribution < 1.29 is 13.2 Å². The highest BCUT2D eigenvalue weighted by Crippen LogP contribution is 2.64. The van der Waals surface area contributed by atoms with Crippen molar-refractivity contribution in [2.75, 3.05) is 18.4 Å². The Morgan fingerprint density at radius 3 is 2.42 bits per heavy atom. The van der Waals surface area contributed by atoms with Crippen molar-refractivity contribution in [3.05, 3.63) is 24.3 Å². The van der Waals surface area contributed by atoms with Crippen LogP contribution in [0.25, 0.3) is 0 Å². The molecule has 1 saturated carbocycles. The van der Waals surface area contributed by atoms with Crippen LogP contribution in [-0.4, -0.2) is 36.1 Å². The molecule has 0 aromatic heterocycles. The molecule has 1 aliphatic heterocycles. The lowest BCUT2D eigenvalue weighted by atomic mass is 10.1. The van der Waals surface area contributed by atoms with Gasteiger partial charge in [0.05, 0.1) is 10.3 Å². The molecule has 2 aliphatic rings. The molecule has 1 aliphatic carbocycles. The number of anilines is 1. The number of carbonyl (C=O) groups excluding carboxylic acids is 1. The highest BCUT2D eigenvalue weighted by Gasteiger charge is 2.67. The lowest BCUT2D eigenvalue weighted by molar-refractivity contribution is -0.120. The molecular weight excluding hydrogens is 371 g/mol. The maximum atomic E-state index is 12.7. The molecule has 2 fully saturated rings. The molecule has 8 heteroatoms. The van der Waals surface area contributed by atoms with Crippen LogP contribution in [-0.2, 0) is 14.8 Å². The molecule has 1 N–H and O–H groups in total. The zero-order valence-electron chi connectivity index (χ0n) is 13.4. The van der Waals surface area contributed by atoms with E-state index < -0.39 is 19.8 Å². The molecule has 132 valence electrons. The molecule has 0 radical (unpaired) electrons. The number of benzene rings is 1. The van der Waals surface area contributed by atoms with Gasteiger partial charge in [-0.2, -0.15) is 4.31 Å². The predicted molar refractivity (Wildman–Crippen MR) is 94.8 cm³/mol. The van der Waals surface area contributed by atoms with Gasteiger partial charge in [-0.25, -0.2) is 8.42 Å². The number of rotatable bonds is 4. The maximum Gasteiger partial charge on any atom is 0.243 e. The van der Waals surface area contributed by atoms with Crippen LogP contribution in [0.3, 0.4) is 0 Å². The summed E-state index contributed by atoms with van der Waals surface area (Å²) < 4.78 is 25.9. The molecule has 0 bridgehead atoms. The van der Waals surface area contributed by atoms with Crippen molar-refractivity contribution in [3.63, 3.8) is 0 Å². The summed E-state index contributed by atoms with van der Waals surface area (Å²) in [5.74, 6) is -0.306. The average Bonchev–Trinajstić information content (AvgIpc) is 3.08. The van der Waals surface area contributed by atoms with Crippen LogP contribution in [0.1, 0.15) is 32.6 Å². The van der Waals surface area contributed by atoms with E-state index in [1.54, 1.807) is 25.1 Å². The molecular formula is C16H20Cl2N2O3S. The van der Waals surface area contributed by atoms with E-state index >= 15 is 0 Å². The first-order valence-electron chi connectivity index (χ1n) is 7.96. The minimum atomic E-state index is -3.53. The van der Waals surface area contributed by atoms with Gasteiger partial charge in [0.15, 0.2) is 0 Å². The second-order valence-corrected chi connectivity index (χ2v) is 10.1. The van der Waals surface area contributed by atoms with E-state index in [0.717, 1.165) is 19.3 Å². The van der Waals surface area contributed by atoms with Crippen LogP contribution in [0.4, 0.5) is 5.69 Å². The Hall–Kier alpha value is -0.820. The SMILES string of the molecule is CC1(C(=O)Nc2cccc(S(=O)(=O)N3CCCCC3)c2)CC1(Cl)Cl. The zero-order chi connectivity index (χ0) is 17.6. The van der Waals surface area contributed by atoms with Gasteiger partial charge in [-0.15, -0.1) is 23.2 Å². The van der Waals surface area contributed by atoms with Crippen molar-refractivity contribution in [1.82, 2.24) is 4.31 Å². The molecule has 1 heterocycles. The lowest BCUT2D eigenvalue weighted by Gasteiger charge is -2.26. The number of amides is 1. The van der Waals surface area contributed by atoms with E-state index in [0.29, 0.717) is 25.2 Å². The Bertz CT molecular complexity index is 760. The third kappa shape index (κ3) is 3.17. The lowest BCUT2D eigenvalue weighted by Crippen LogP contribution is -2.35. The number of halogens is 2. The predicted octanol–water partition coefficient (Wildman–Crippen LogP) is 3.38. The summed E-state index contributed by atoms with van der Waals surface area (Å²) in [7, 11) is -3.53. The van der Waals surface area contributed by atoms with Gasteiger partial charge >= 0.3 is 0 Å². The number of nitrogens with one attached hydrogen (secondary N) is 1. The van der Waals surface area contributed by atoms with Gasteiger partial charge in [0.2, 0.25) is 15.9 Å². The summed E-state index contributed by atoms with van der Waals surface area (Å²) in [4.78, 5) is 12.5. The molecule has 1 unspecified atom stereocenters. The molecule has 24 heavy (non-hydrogen) atoms. The summed E-state index contributed by atoms with van der Waals surface area (Å²) in [6.45, 7) is 2.77. The van der Waals surface area contributed by atoms with E-state index in [4.69, 9.17) is 23.2 Å². The largest absolute Gasteiger partial charge is 0.325 e. The highest BCUT2D eigenvalue weighted by molar-refractivity contribution is 7.89. The Labute approximate surface area is 152 Å². The van der Waals surface area contributed by atoms with Crippen LogP contribution < -0.4 is 5.32 Å². The van der Waals surface area contributed by atoms with Crippen LogP contribution >= 0.6 is 23.2 Å². The first-order valence-corrected chi connectivity index (χ1v) is 10.2. The molecule has 1 amide bonds. The Morgan fingerprint density at radius 2 is 1.83 bits per heavy atom. The van der Waals surface area contributed by atoms with Crippen LogP contribution in [0.5, 0.6) is 0 Å². The van der Waals surface area contributed by atoms with Crippen molar-refractivity contribution >= 4 is 44.8 Å². The molecule has 1 aromatic carbocycles. The van der Waals surface area contributed by atoms with E-state index in [1.807, 2.05) is 0 Å². The minimum absolute atomic E-state index is 0.186. The summed E-state index contributed by atoms with van der Waals surface area (Å²) in [6.07, 6.45) is 3.18. The monoisotopic (exact) mass is 390 g/mol. The summed E-state index contributed by atoms with van der Waals surface area (Å²) >= 11 is 12.0. The molecule has 1 saturated heterocycles. The third-order valence-corrected chi connectivity index (χ3v) is 7.80.